The number of carbonyl (C=O) groups excluding carboxylic acids is 3. The van der Waals surface area contributed by atoms with E-state index in [9.17, 15) is 14.4 Å². The molecule has 184 valence electrons. The molecule has 2 aromatic rings. The lowest BCUT2D eigenvalue weighted by Gasteiger charge is -2.44. The van der Waals surface area contributed by atoms with Crippen LogP contribution in [0.15, 0.2) is 18.2 Å². The molecule has 10 nitrogen and oxygen atoms in total. The maximum atomic E-state index is 12.7. The van der Waals surface area contributed by atoms with E-state index in [1.807, 2.05) is 40.0 Å². The molecule has 0 unspecified atom stereocenters. The molecule has 0 saturated carbocycles. The second kappa shape index (κ2) is 8.81. The van der Waals surface area contributed by atoms with Gasteiger partial charge in [0.15, 0.2) is 5.82 Å². The van der Waals surface area contributed by atoms with E-state index in [2.05, 4.69) is 35.2 Å². The van der Waals surface area contributed by atoms with E-state index >= 15 is 0 Å². The molecule has 1 aromatic heterocycles. The molecule has 2 aliphatic rings. The summed E-state index contributed by atoms with van der Waals surface area (Å²) in [5.41, 5.74) is 1.42. The average Bonchev–Trinajstić information content (AvgIpc) is 3.07. The van der Waals surface area contributed by atoms with Gasteiger partial charge in [-0.15, -0.1) is 0 Å². The Morgan fingerprint density at radius 2 is 1.91 bits per heavy atom. The van der Waals surface area contributed by atoms with Crippen molar-refractivity contribution >= 4 is 40.4 Å². The predicted octanol–water partition coefficient (Wildman–Crippen LogP) is 3.10. The standard InChI is InChI=1S/C24H34N6O4/c1-15(2)19-14-28(23(33)34-24(3,4)5)11-12-29(19)16-7-8-17-18(13-16)27(6)26-21(17)30-10-9-20(31)25-22(30)32/h7-8,13,15,19H,9-12,14H2,1-6H3,(H,25,31,32)/t19-/m0/s1. The number of nitrogens with one attached hydrogen (secondary N) is 1. The van der Waals surface area contributed by atoms with Gasteiger partial charge in [0.05, 0.1) is 5.52 Å². The summed E-state index contributed by atoms with van der Waals surface area (Å²) in [6.45, 7) is 12.1. The van der Waals surface area contributed by atoms with Gasteiger partial charge in [0.25, 0.3) is 0 Å². The largest absolute Gasteiger partial charge is 0.444 e. The van der Waals surface area contributed by atoms with Crippen molar-refractivity contribution in [3.05, 3.63) is 18.2 Å². The number of piperazine rings is 1. The topological polar surface area (TPSA) is 100 Å². The molecule has 1 aromatic carbocycles. The smallest absolute Gasteiger partial charge is 0.410 e. The summed E-state index contributed by atoms with van der Waals surface area (Å²) in [5, 5.41) is 7.79. The molecule has 2 fully saturated rings. The highest BCUT2D eigenvalue weighted by Crippen LogP contribution is 2.33. The van der Waals surface area contributed by atoms with Crippen LogP contribution in [0.5, 0.6) is 0 Å². The summed E-state index contributed by atoms with van der Waals surface area (Å²) < 4.78 is 7.36. The van der Waals surface area contributed by atoms with Gasteiger partial charge in [-0.3, -0.25) is 19.7 Å². The Balaban J connectivity index is 1.59. The van der Waals surface area contributed by atoms with E-state index in [1.165, 1.54) is 4.90 Å². The Bertz CT molecular complexity index is 1120. The Kier molecular flexibility index (Phi) is 6.18. The number of carbonyl (C=O) groups is 3. The minimum Gasteiger partial charge on any atom is -0.444 e. The Morgan fingerprint density at radius 3 is 2.56 bits per heavy atom. The number of anilines is 2. The molecule has 1 atom stereocenters. The highest BCUT2D eigenvalue weighted by Gasteiger charge is 2.34. The van der Waals surface area contributed by atoms with Crippen LogP contribution in [0.1, 0.15) is 41.0 Å². The van der Waals surface area contributed by atoms with Crippen molar-refractivity contribution < 1.29 is 19.1 Å². The summed E-state index contributed by atoms with van der Waals surface area (Å²) >= 11 is 0. The maximum Gasteiger partial charge on any atom is 0.410 e. The SMILES string of the molecule is CC(C)[C@@H]1CN(C(=O)OC(C)(C)C)CCN1c1ccc2c(N3CCC(=O)NC3=O)nn(C)c2c1. The number of urea groups is 1. The summed E-state index contributed by atoms with van der Waals surface area (Å²) in [5.74, 6) is 0.593. The molecule has 1 N–H and O–H groups in total. The van der Waals surface area contributed by atoms with Crippen LogP contribution in [0.2, 0.25) is 0 Å². The molecule has 0 spiro atoms. The Morgan fingerprint density at radius 1 is 1.18 bits per heavy atom. The van der Waals surface area contributed by atoms with Gasteiger partial charge in [0.2, 0.25) is 5.91 Å². The minimum absolute atomic E-state index is 0.130. The molecule has 3 heterocycles. The van der Waals surface area contributed by atoms with Crippen LogP contribution in [0.4, 0.5) is 21.1 Å². The minimum atomic E-state index is -0.525. The first-order chi connectivity index (χ1) is 15.9. The van der Waals surface area contributed by atoms with Gasteiger partial charge in [-0.25, -0.2) is 9.59 Å². The van der Waals surface area contributed by atoms with Gasteiger partial charge >= 0.3 is 12.1 Å². The number of benzene rings is 1. The third-order valence-corrected chi connectivity index (χ3v) is 6.30. The Hall–Kier alpha value is -3.30. The first kappa shape index (κ1) is 23.8. The van der Waals surface area contributed by atoms with Gasteiger partial charge < -0.3 is 14.5 Å². The molecular weight excluding hydrogens is 436 g/mol. The molecule has 0 aliphatic carbocycles. The van der Waals surface area contributed by atoms with Crippen molar-refractivity contribution in [1.29, 1.82) is 0 Å². The second-order valence-electron chi connectivity index (χ2n) is 10.3. The zero-order valence-corrected chi connectivity index (χ0v) is 20.8. The number of hydrogen-bond acceptors (Lipinski definition) is 6. The molecule has 10 heteroatoms. The van der Waals surface area contributed by atoms with E-state index < -0.39 is 11.6 Å². The second-order valence-corrected chi connectivity index (χ2v) is 10.3. The van der Waals surface area contributed by atoms with Crippen molar-refractivity contribution in [2.24, 2.45) is 13.0 Å². The first-order valence-corrected chi connectivity index (χ1v) is 11.8. The zero-order chi connectivity index (χ0) is 24.8. The van der Waals surface area contributed by atoms with Crippen LogP contribution >= 0.6 is 0 Å². The normalized spacial score (nSPS) is 19.7. The number of imide groups is 1. The van der Waals surface area contributed by atoms with E-state index in [0.717, 1.165) is 16.6 Å². The van der Waals surface area contributed by atoms with Gasteiger partial charge in [-0.05, 0) is 44.9 Å². The van der Waals surface area contributed by atoms with Gasteiger partial charge in [-0.1, -0.05) is 13.8 Å². The monoisotopic (exact) mass is 470 g/mol. The lowest BCUT2D eigenvalue weighted by Crippen LogP contribution is -2.57. The fourth-order valence-corrected chi connectivity index (χ4v) is 4.56. The molecule has 2 saturated heterocycles. The van der Waals surface area contributed by atoms with Crippen LogP contribution in [0.25, 0.3) is 10.9 Å². The molecule has 0 radical (unpaired) electrons. The number of nitrogens with zero attached hydrogens (tertiary/aromatic N) is 5. The van der Waals surface area contributed by atoms with Crippen LogP contribution in [-0.2, 0) is 16.6 Å². The van der Waals surface area contributed by atoms with Crippen molar-refractivity contribution in [3.8, 4) is 0 Å². The van der Waals surface area contributed by atoms with E-state index in [1.54, 1.807) is 9.58 Å². The lowest BCUT2D eigenvalue weighted by atomic mass is 9.98. The van der Waals surface area contributed by atoms with Crippen LogP contribution in [0, 0.1) is 5.92 Å². The highest BCUT2D eigenvalue weighted by atomic mass is 16.6. The molecule has 4 rings (SSSR count). The first-order valence-electron chi connectivity index (χ1n) is 11.8. The molecule has 4 amide bonds. The zero-order valence-electron chi connectivity index (χ0n) is 20.8. The van der Waals surface area contributed by atoms with Gasteiger partial charge in [0, 0.05) is 56.8 Å². The summed E-state index contributed by atoms with van der Waals surface area (Å²) in [6.07, 6.45) is -0.0253. The number of rotatable bonds is 3. The lowest BCUT2D eigenvalue weighted by molar-refractivity contribution is -0.120. The van der Waals surface area contributed by atoms with E-state index in [0.29, 0.717) is 37.9 Å². The van der Waals surface area contributed by atoms with Crippen molar-refractivity contribution in [2.75, 3.05) is 36.0 Å². The summed E-state index contributed by atoms with van der Waals surface area (Å²) in [6, 6.07) is 5.79. The molecule has 0 bridgehead atoms. The summed E-state index contributed by atoms with van der Waals surface area (Å²) in [4.78, 5) is 42.2. The predicted molar refractivity (Wildman–Crippen MR) is 130 cm³/mol. The fraction of sp³-hybridized carbons (Fsp3) is 0.583. The number of fused-ring (bicyclic) bond motifs is 1. The van der Waals surface area contributed by atoms with Gasteiger partial charge in [0.1, 0.15) is 5.60 Å². The maximum absolute atomic E-state index is 12.7. The van der Waals surface area contributed by atoms with Crippen LogP contribution in [-0.4, -0.2) is 70.5 Å². The van der Waals surface area contributed by atoms with Crippen LogP contribution in [0.3, 0.4) is 0 Å². The number of hydrogen-bond donors (Lipinski definition) is 1. The van der Waals surface area contributed by atoms with E-state index in [4.69, 9.17) is 4.74 Å². The number of amides is 4. The summed E-state index contributed by atoms with van der Waals surface area (Å²) in [7, 11) is 1.85. The van der Waals surface area contributed by atoms with Crippen molar-refractivity contribution in [2.45, 2.75) is 52.7 Å². The van der Waals surface area contributed by atoms with Crippen molar-refractivity contribution in [3.63, 3.8) is 0 Å². The molecule has 2 aliphatic heterocycles. The molecule has 34 heavy (non-hydrogen) atoms. The van der Waals surface area contributed by atoms with Gasteiger partial charge in [-0.2, -0.15) is 5.10 Å². The average molecular weight is 471 g/mol. The number of ether oxygens (including phenoxy) is 1. The number of aryl methyl sites for hydroxylation is 1. The quantitative estimate of drug-likeness (QED) is 0.740. The third kappa shape index (κ3) is 4.67. The third-order valence-electron chi connectivity index (χ3n) is 6.30. The van der Waals surface area contributed by atoms with Crippen molar-refractivity contribution in [1.82, 2.24) is 20.0 Å². The Labute approximate surface area is 199 Å². The number of aromatic nitrogens is 2. The molecular formula is C24H34N6O4. The highest BCUT2D eigenvalue weighted by molar-refractivity contribution is 6.09. The fourth-order valence-electron chi connectivity index (χ4n) is 4.56. The van der Waals surface area contributed by atoms with E-state index in [-0.39, 0.29) is 24.5 Å². The van der Waals surface area contributed by atoms with Crippen LogP contribution < -0.4 is 15.1 Å².